The summed E-state index contributed by atoms with van der Waals surface area (Å²) in [6, 6.07) is 12.9. The second-order valence-electron chi connectivity index (χ2n) is 5.91. The van der Waals surface area contributed by atoms with Crippen molar-refractivity contribution in [3.05, 3.63) is 46.9 Å². The molecule has 8 heteroatoms. The largest absolute Gasteiger partial charge is 0.490 e. The van der Waals surface area contributed by atoms with Gasteiger partial charge in [-0.15, -0.1) is 0 Å². The summed E-state index contributed by atoms with van der Waals surface area (Å²) in [6.07, 6.45) is 1.09. The maximum absolute atomic E-state index is 11.9. The van der Waals surface area contributed by atoms with Gasteiger partial charge in [0.05, 0.1) is 19.8 Å². The highest BCUT2D eigenvalue weighted by molar-refractivity contribution is 9.10. The van der Waals surface area contributed by atoms with E-state index in [1.165, 1.54) is 0 Å². The Bertz CT molecular complexity index is 824. The first-order chi connectivity index (χ1) is 13.1. The van der Waals surface area contributed by atoms with Gasteiger partial charge >= 0.3 is 0 Å². The Morgan fingerprint density at radius 3 is 2.52 bits per heavy atom. The number of aliphatic imine (C=N–C) groups is 1. The molecule has 1 heterocycles. The Morgan fingerprint density at radius 1 is 1.04 bits per heavy atom. The van der Waals surface area contributed by atoms with Crippen LogP contribution < -0.4 is 25.8 Å². The summed E-state index contributed by atoms with van der Waals surface area (Å²) < 4.78 is 12.2. The molecule has 0 saturated heterocycles. The van der Waals surface area contributed by atoms with Crippen LogP contribution in [0.1, 0.15) is 12.8 Å². The van der Waals surface area contributed by atoms with Crippen LogP contribution in [0.4, 0.5) is 11.4 Å². The number of carbonyl (C=O) groups is 1. The monoisotopic (exact) mass is 432 g/mol. The van der Waals surface area contributed by atoms with Crippen LogP contribution in [0.2, 0.25) is 0 Å². The zero-order valence-corrected chi connectivity index (χ0v) is 16.3. The van der Waals surface area contributed by atoms with E-state index in [2.05, 4.69) is 31.6 Å². The van der Waals surface area contributed by atoms with Gasteiger partial charge in [-0.05, 0) is 36.4 Å². The molecule has 1 aliphatic rings. The van der Waals surface area contributed by atoms with Crippen molar-refractivity contribution in [3.63, 3.8) is 0 Å². The van der Waals surface area contributed by atoms with Gasteiger partial charge in [-0.1, -0.05) is 15.9 Å². The normalized spacial score (nSPS) is 13.6. The average molecular weight is 433 g/mol. The Kier molecular flexibility index (Phi) is 6.54. The lowest BCUT2D eigenvalue weighted by molar-refractivity contribution is -0.116. The average Bonchev–Trinajstić information content (AvgIpc) is 2.88. The van der Waals surface area contributed by atoms with Gasteiger partial charge in [-0.2, -0.15) is 0 Å². The molecule has 0 spiro atoms. The molecule has 2 aromatic rings. The summed E-state index contributed by atoms with van der Waals surface area (Å²) in [5, 5.41) is 5.81. The molecule has 0 atom stereocenters. The standard InChI is InChI=1S/C19H21BrN4O3/c20-13-2-4-14(5-3-13)23-18(25)8-9-22-19(21)24-15-6-7-16-17(12-15)27-11-1-10-26-16/h2-7,12H,1,8-11H2,(H,23,25)(H3,21,22,24). The number of rotatable bonds is 5. The summed E-state index contributed by atoms with van der Waals surface area (Å²) in [7, 11) is 0. The molecule has 0 saturated carbocycles. The number of hydrogen-bond donors (Lipinski definition) is 3. The van der Waals surface area contributed by atoms with Crippen LogP contribution in [0.25, 0.3) is 0 Å². The Labute approximate surface area is 166 Å². The summed E-state index contributed by atoms with van der Waals surface area (Å²) >= 11 is 3.35. The van der Waals surface area contributed by atoms with Crippen LogP contribution in [-0.2, 0) is 4.79 Å². The topological polar surface area (TPSA) is 98.0 Å². The third kappa shape index (κ3) is 5.89. The lowest BCUT2D eigenvalue weighted by Crippen LogP contribution is -2.23. The molecular weight excluding hydrogens is 412 g/mol. The maximum Gasteiger partial charge on any atom is 0.226 e. The minimum absolute atomic E-state index is 0.121. The number of nitrogens with one attached hydrogen (secondary N) is 2. The van der Waals surface area contributed by atoms with Crippen LogP contribution in [0.5, 0.6) is 11.5 Å². The molecule has 0 bridgehead atoms. The number of hydrogen-bond acceptors (Lipinski definition) is 4. The van der Waals surface area contributed by atoms with Gasteiger partial charge in [0, 0.05) is 34.8 Å². The third-order valence-corrected chi connectivity index (χ3v) is 4.30. The molecule has 2 aromatic carbocycles. The van der Waals surface area contributed by atoms with Crippen molar-refractivity contribution in [2.24, 2.45) is 10.7 Å². The van der Waals surface area contributed by atoms with Crippen molar-refractivity contribution in [2.45, 2.75) is 12.8 Å². The van der Waals surface area contributed by atoms with Gasteiger partial charge in [0.15, 0.2) is 17.5 Å². The highest BCUT2D eigenvalue weighted by Crippen LogP contribution is 2.32. The fourth-order valence-electron chi connectivity index (χ4n) is 2.46. The van der Waals surface area contributed by atoms with Crippen LogP contribution in [-0.4, -0.2) is 31.6 Å². The minimum atomic E-state index is -0.121. The van der Waals surface area contributed by atoms with Crippen LogP contribution in [0.3, 0.4) is 0 Å². The second kappa shape index (κ2) is 9.27. The Hall–Kier alpha value is -2.74. The molecule has 27 heavy (non-hydrogen) atoms. The Morgan fingerprint density at radius 2 is 1.74 bits per heavy atom. The van der Waals surface area contributed by atoms with Gasteiger partial charge in [0.2, 0.25) is 5.91 Å². The molecule has 0 aromatic heterocycles. The van der Waals surface area contributed by atoms with E-state index in [1.54, 1.807) is 0 Å². The number of nitrogens with zero attached hydrogens (tertiary/aromatic N) is 1. The lowest BCUT2D eigenvalue weighted by atomic mass is 10.3. The highest BCUT2D eigenvalue weighted by Gasteiger charge is 2.11. The molecule has 0 fully saturated rings. The smallest absolute Gasteiger partial charge is 0.226 e. The molecule has 4 N–H and O–H groups in total. The number of anilines is 2. The summed E-state index contributed by atoms with van der Waals surface area (Å²) in [5.74, 6) is 1.52. The first-order valence-corrected chi connectivity index (χ1v) is 9.41. The van der Waals surface area contributed by atoms with E-state index >= 15 is 0 Å². The molecule has 0 unspecified atom stereocenters. The fourth-order valence-corrected chi connectivity index (χ4v) is 2.73. The molecular formula is C19H21BrN4O3. The lowest BCUT2D eigenvalue weighted by Gasteiger charge is -2.10. The molecule has 7 nitrogen and oxygen atoms in total. The van der Waals surface area contributed by atoms with Crippen molar-refractivity contribution in [2.75, 3.05) is 30.4 Å². The first kappa shape index (κ1) is 19.0. The van der Waals surface area contributed by atoms with Crippen molar-refractivity contribution in [3.8, 4) is 11.5 Å². The molecule has 142 valence electrons. The van der Waals surface area contributed by atoms with E-state index in [0.29, 0.717) is 19.0 Å². The summed E-state index contributed by atoms with van der Waals surface area (Å²) in [5.41, 5.74) is 7.39. The van der Waals surface area contributed by atoms with Crippen LogP contribution >= 0.6 is 15.9 Å². The van der Waals surface area contributed by atoms with Crippen molar-refractivity contribution < 1.29 is 14.3 Å². The molecule has 1 aliphatic heterocycles. The van der Waals surface area contributed by atoms with Crippen LogP contribution in [0, 0.1) is 0 Å². The predicted octanol–water partition coefficient (Wildman–Crippen LogP) is 3.37. The second-order valence-corrected chi connectivity index (χ2v) is 6.82. The van der Waals surface area contributed by atoms with Gasteiger partial charge in [0.1, 0.15) is 0 Å². The van der Waals surface area contributed by atoms with E-state index in [9.17, 15) is 4.79 Å². The zero-order chi connectivity index (χ0) is 19.1. The number of nitrogens with two attached hydrogens (primary N) is 1. The third-order valence-electron chi connectivity index (χ3n) is 3.77. The number of halogens is 1. The Balaban J connectivity index is 1.48. The minimum Gasteiger partial charge on any atom is -0.490 e. The van der Waals surface area contributed by atoms with Crippen molar-refractivity contribution in [1.29, 1.82) is 0 Å². The van der Waals surface area contributed by atoms with Crippen molar-refractivity contribution >= 4 is 39.2 Å². The predicted molar refractivity (Wildman–Crippen MR) is 110 cm³/mol. The summed E-state index contributed by atoms with van der Waals surface area (Å²) in [6.45, 7) is 1.55. The van der Waals surface area contributed by atoms with E-state index in [4.69, 9.17) is 15.2 Å². The SMILES string of the molecule is NC(=NCCC(=O)Nc1ccc(Br)cc1)Nc1ccc2c(c1)OCCCO2. The quantitative estimate of drug-likeness (QED) is 0.496. The van der Waals surface area contributed by atoms with Crippen LogP contribution in [0.15, 0.2) is 51.9 Å². The number of ether oxygens (including phenoxy) is 2. The van der Waals surface area contributed by atoms with Gasteiger partial charge in [0.25, 0.3) is 0 Å². The number of benzene rings is 2. The van der Waals surface area contributed by atoms with Gasteiger partial charge in [-0.3, -0.25) is 9.79 Å². The summed E-state index contributed by atoms with van der Waals surface area (Å²) in [4.78, 5) is 16.1. The zero-order valence-electron chi connectivity index (χ0n) is 14.7. The molecule has 0 aliphatic carbocycles. The number of fused-ring (bicyclic) bond motifs is 1. The first-order valence-electron chi connectivity index (χ1n) is 8.62. The van der Waals surface area contributed by atoms with Crippen molar-refractivity contribution in [1.82, 2.24) is 0 Å². The van der Waals surface area contributed by atoms with E-state index in [0.717, 1.165) is 28.0 Å². The molecule has 1 amide bonds. The van der Waals surface area contributed by atoms with Gasteiger partial charge in [-0.25, -0.2) is 0 Å². The maximum atomic E-state index is 11.9. The number of amides is 1. The van der Waals surface area contributed by atoms with Gasteiger partial charge < -0.3 is 25.8 Å². The number of guanidine groups is 1. The fraction of sp³-hybridized carbons (Fsp3) is 0.263. The molecule has 0 radical (unpaired) electrons. The molecule has 3 rings (SSSR count). The van der Waals surface area contributed by atoms with E-state index < -0.39 is 0 Å². The number of carbonyl (C=O) groups excluding carboxylic acids is 1. The van der Waals surface area contributed by atoms with E-state index in [1.807, 2.05) is 42.5 Å². The van der Waals surface area contributed by atoms with E-state index in [-0.39, 0.29) is 24.8 Å². The highest BCUT2D eigenvalue weighted by atomic mass is 79.9.